The molecule has 4 aromatic rings. The van der Waals surface area contributed by atoms with Crippen molar-refractivity contribution in [2.45, 2.75) is 90.9 Å². The number of fused-ring (bicyclic) bond motifs is 2. The molecule has 0 unspecified atom stereocenters. The van der Waals surface area contributed by atoms with Gasteiger partial charge in [0.15, 0.2) is 0 Å². The van der Waals surface area contributed by atoms with Crippen molar-refractivity contribution in [1.82, 2.24) is 29.7 Å². The Morgan fingerprint density at radius 1 is 0.800 bits per heavy atom. The molecular formula is C37H52N10O8. The number of benzene rings is 2. The molecule has 4 heterocycles. The van der Waals surface area contributed by atoms with E-state index in [1.807, 2.05) is 61.0 Å². The second kappa shape index (κ2) is 15.4. The van der Waals surface area contributed by atoms with Crippen LogP contribution in [0.25, 0.3) is 22.1 Å². The van der Waals surface area contributed by atoms with Crippen LogP contribution in [-0.4, -0.2) is 92.8 Å². The Bertz CT molecular complexity index is 2080. The van der Waals surface area contributed by atoms with Crippen molar-refractivity contribution in [3.8, 4) is 0 Å². The number of carbonyl (C=O) groups is 2. The maximum atomic E-state index is 12.6. The van der Waals surface area contributed by atoms with Gasteiger partial charge in [-0.25, -0.2) is 19.6 Å². The van der Waals surface area contributed by atoms with Gasteiger partial charge < -0.3 is 43.8 Å². The summed E-state index contributed by atoms with van der Waals surface area (Å²) >= 11 is 0. The molecule has 2 aromatic heterocycles. The first-order valence-corrected chi connectivity index (χ1v) is 18.4. The lowest BCUT2D eigenvalue weighted by atomic mass is 10.2. The standard InChI is InChI=1S/C37H52N10O8/c1-36(2,3)54-34(48)38-22-14-16-45(18-22)32-24(10-11-25-30(32)40-28(20-52-9)43(25)7)42-53-21-29-41-31-26(44(29)8)12-13-27(47(50)51)33(31)46-17-15-23(19-46)39-35(49)55-37(4,5)6/h10-13,22-23,42H,14-21H2,1-9H3,(H,38,48)(H,39,49)/t22-,23-/m0/s1. The number of alkyl carbamates (subject to hydrolysis) is 2. The number of amides is 2. The molecule has 2 amide bonds. The summed E-state index contributed by atoms with van der Waals surface area (Å²) in [7, 11) is 5.41. The first-order valence-electron chi connectivity index (χ1n) is 18.4. The van der Waals surface area contributed by atoms with E-state index in [1.54, 1.807) is 33.9 Å². The summed E-state index contributed by atoms with van der Waals surface area (Å²) in [6, 6.07) is 6.67. The molecule has 2 aliphatic rings. The predicted octanol–water partition coefficient (Wildman–Crippen LogP) is 5.27. The van der Waals surface area contributed by atoms with Gasteiger partial charge in [-0.1, -0.05) is 0 Å². The normalized spacial score (nSPS) is 17.6. The molecule has 6 rings (SSSR count). The highest BCUT2D eigenvalue weighted by atomic mass is 16.6. The number of nitrogens with zero attached hydrogens (tertiary/aromatic N) is 7. The molecule has 0 bridgehead atoms. The number of imidazole rings is 2. The van der Waals surface area contributed by atoms with Gasteiger partial charge in [-0.3, -0.25) is 20.4 Å². The zero-order valence-corrected chi connectivity index (χ0v) is 33.0. The summed E-state index contributed by atoms with van der Waals surface area (Å²) in [5.41, 5.74) is 6.51. The number of anilines is 3. The molecular weight excluding hydrogens is 712 g/mol. The molecule has 18 heteroatoms. The highest BCUT2D eigenvalue weighted by molar-refractivity contribution is 5.97. The second-order valence-corrected chi connectivity index (χ2v) is 16.0. The van der Waals surface area contributed by atoms with E-state index in [9.17, 15) is 19.7 Å². The third kappa shape index (κ3) is 8.80. The first kappa shape index (κ1) is 39.3. The molecule has 18 nitrogen and oxygen atoms in total. The number of carbonyl (C=O) groups excluding carboxylic acids is 2. The fraction of sp³-hybridized carbons (Fsp3) is 0.568. The largest absolute Gasteiger partial charge is 0.444 e. The van der Waals surface area contributed by atoms with Crippen LogP contribution in [0.5, 0.6) is 0 Å². The lowest BCUT2D eigenvalue weighted by molar-refractivity contribution is -0.384. The Hall–Kier alpha value is -5.36. The molecule has 0 radical (unpaired) electrons. The maximum Gasteiger partial charge on any atom is 0.407 e. The lowest BCUT2D eigenvalue weighted by Gasteiger charge is -2.24. The fourth-order valence-electron chi connectivity index (χ4n) is 7.11. The van der Waals surface area contributed by atoms with Gasteiger partial charge in [0.1, 0.15) is 52.8 Å². The van der Waals surface area contributed by atoms with Crippen molar-refractivity contribution in [2.24, 2.45) is 14.1 Å². The summed E-state index contributed by atoms with van der Waals surface area (Å²) in [6.45, 7) is 13.3. The van der Waals surface area contributed by atoms with Crippen LogP contribution in [0, 0.1) is 10.1 Å². The van der Waals surface area contributed by atoms with Gasteiger partial charge in [0.05, 0.1) is 39.4 Å². The van der Waals surface area contributed by atoms with Gasteiger partial charge in [0.2, 0.25) is 0 Å². The topological polar surface area (TPSA) is 192 Å². The molecule has 0 saturated carbocycles. The molecule has 298 valence electrons. The summed E-state index contributed by atoms with van der Waals surface area (Å²) in [5.74, 6) is 1.30. The zero-order chi connectivity index (χ0) is 39.8. The number of rotatable bonds is 11. The van der Waals surface area contributed by atoms with Crippen molar-refractivity contribution in [3.63, 3.8) is 0 Å². The molecule has 2 atom stereocenters. The molecule has 3 N–H and O–H groups in total. The van der Waals surface area contributed by atoms with Crippen molar-refractivity contribution >= 4 is 57.0 Å². The van der Waals surface area contributed by atoms with Crippen LogP contribution in [0.3, 0.4) is 0 Å². The Morgan fingerprint density at radius 3 is 1.80 bits per heavy atom. The number of nitrogens with one attached hydrogen (secondary N) is 3. The third-order valence-corrected chi connectivity index (χ3v) is 9.52. The van der Waals surface area contributed by atoms with Crippen molar-refractivity contribution in [3.05, 3.63) is 46.0 Å². The minimum atomic E-state index is -0.646. The van der Waals surface area contributed by atoms with E-state index in [2.05, 4.69) is 21.0 Å². The van der Waals surface area contributed by atoms with E-state index in [-0.39, 0.29) is 24.4 Å². The highest BCUT2D eigenvalue weighted by Gasteiger charge is 2.34. The Labute approximate surface area is 319 Å². The van der Waals surface area contributed by atoms with Crippen LogP contribution in [0.2, 0.25) is 0 Å². The smallest absolute Gasteiger partial charge is 0.407 e. The third-order valence-electron chi connectivity index (χ3n) is 9.52. The highest BCUT2D eigenvalue weighted by Crippen LogP contribution is 2.39. The predicted molar refractivity (Wildman–Crippen MR) is 207 cm³/mol. The van der Waals surface area contributed by atoms with E-state index in [1.165, 1.54) is 6.07 Å². The number of aromatic nitrogens is 4. The summed E-state index contributed by atoms with van der Waals surface area (Å²) < 4.78 is 20.2. The van der Waals surface area contributed by atoms with Gasteiger partial charge in [-0.05, 0) is 72.6 Å². The van der Waals surface area contributed by atoms with Crippen LogP contribution in [0.1, 0.15) is 66.0 Å². The Balaban J connectivity index is 1.23. The minimum absolute atomic E-state index is 0.0265. The number of ether oxygens (including phenoxy) is 3. The van der Waals surface area contributed by atoms with Crippen LogP contribution in [0.15, 0.2) is 24.3 Å². The number of hydrogen-bond donors (Lipinski definition) is 3. The van der Waals surface area contributed by atoms with Gasteiger partial charge in [-0.15, -0.1) is 0 Å². The summed E-state index contributed by atoms with van der Waals surface area (Å²) in [5, 5.41) is 18.1. The number of hydrogen-bond acceptors (Lipinski definition) is 13. The molecule has 2 fully saturated rings. The maximum absolute atomic E-state index is 12.6. The molecule has 0 aliphatic carbocycles. The van der Waals surface area contributed by atoms with Crippen LogP contribution < -0.4 is 25.9 Å². The van der Waals surface area contributed by atoms with E-state index in [0.29, 0.717) is 73.9 Å². The number of aryl methyl sites for hydroxylation is 2. The molecule has 2 aromatic carbocycles. The SMILES string of the molecule is COCc1nc2c(N3CC[C@H](NC(=O)OC(C)(C)C)C3)c(NOCc3nc4c(N5CC[C@H](NC(=O)OC(C)(C)C)C5)c([N+](=O)[O-])ccc4n3C)ccc2n1C. The molecule has 2 aliphatic heterocycles. The van der Waals surface area contributed by atoms with E-state index >= 15 is 0 Å². The Morgan fingerprint density at radius 2 is 1.29 bits per heavy atom. The van der Waals surface area contributed by atoms with Crippen LogP contribution in [-0.2, 0) is 46.4 Å². The number of methoxy groups -OCH3 is 1. The quantitative estimate of drug-likeness (QED) is 0.132. The van der Waals surface area contributed by atoms with Gasteiger partial charge >= 0.3 is 12.2 Å². The average Bonchev–Trinajstić information content (AvgIpc) is 3.86. The number of nitro benzene ring substituents is 1. The summed E-state index contributed by atoms with van der Waals surface area (Å²) in [6.07, 6.45) is 0.304. The summed E-state index contributed by atoms with van der Waals surface area (Å²) in [4.78, 5) is 56.9. The monoisotopic (exact) mass is 764 g/mol. The van der Waals surface area contributed by atoms with E-state index in [4.69, 9.17) is 29.0 Å². The molecule has 0 spiro atoms. The first-order chi connectivity index (χ1) is 25.9. The van der Waals surface area contributed by atoms with Crippen molar-refractivity contribution in [2.75, 3.05) is 48.6 Å². The minimum Gasteiger partial charge on any atom is -0.444 e. The molecule has 55 heavy (non-hydrogen) atoms. The van der Waals surface area contributed by atoms with Gasteiger partial charge in [0.25, 0.3) is 5.69 Å². The van der Waals surface area contributed by atoms with Crippen LogP contribution in [0.4, 0.5) is 32.3 Å². The Kier molecular flexibility index (Phi) is 11.0. The average molecular weight is 765 g/mol. The van der Waals surface area contributed by atoms with Gasteiger partial charge in [-0.2, -0.15) is 0 Å². The second-order valence-electron chi connectivity index (χ2n) is 16.0. The molecule has 2 saturated heterocycles. The van der Waals surface area contributed by atoms with Gasteiger partial charge in [0, 0.05) is 53.5 Å². The lowest BCUT2D eigenvalue weighted by Crippen LogP contribution is -2.40. The van der Waals surface area contributed by atoms with E-state index in [0.717, 1.165) is 22.5 Å². The zero-order valence-electron chi connectivity index (χ0n) is 33.0. The van der Waals surface area contributed by atoms with Crippen molar-refractivity contribution in [1.29, 1.82) is 0 Å². The van der Waals surface area contributed by atoms with Crippen molar-refractivity contribution < 1.29 is 33.6 Å². The van der Waals surface area contributed by atoms with E-state index < -0.39 is 28.3 Å². The number of nitro groups is 1. The fourth-order valence-corrected chi connectivity index (χ4v) is 7.11. The van der Waals surface area contributed by atoms with Crippen LogP contribution >= 0.6 is 0 Å².